The van der Waals surface area contributed by atoms with E-state index >= 15 is 0 Å². The maximum absolute atomic E-state index is 12.4. The van der Waals surface area contributed by atoms with Crippen LogP contribution in [0.25, 0.3) is 0 Å². The van der Waals surface area contributed by atoms with Crippen molar-refractivity contribution in [1.29, 1.82) is 0 Å². The first-order chi connectivity index (χ1) is 9.51. The lowest BCUT2D eigenvalue weighted by molar-refractivity contribution is -0.150. The quantitative estimate of drug-likeness (QED) is 0.688. The van der Waals surface area contributed by atoms with Crippen molar-refractivity contribution >= 4 is 11.8 Å². The summed E-state index contributed by atoms with van der Waals surface area (Å²) in [5.74, 6) is 0.478. The molecule has 0 bridgehead atoms. The number of ether oxygens (including phenoxy) is 1. The Labute approximate surface area is 122 Å². The van der Waals surface area contributed by atoms with Crippen molar-refractivity contribution in [2.24, 2.45) is 5.92 Å². The second kappa shape index (κ2) is 8.25. The first-order valence-electron chi connectivity index (χ1n) is 7.69. The Morgan fingerprint density at radius 1 is 1.30 bits per heavy atom. The van der Waals surface area contributed by atoms with Gasteiger partial charge in [0.25, 0.3) is 0 Å². The summed E-state index contributed by atoms with van der Waals surface area (Å²) in [5.41, 5.74) is 0. The summed E-state index contributed by atoms with van der Waals surface area (Å²) in [6.45, 7) is 9.80. The van der Waals surface area contributed by atoms with Gasteiger partial charge in [0.2, 0.25) is 11.8 Å². The number of amides is 2. The molecule has 0 radical (unpaired) electrons. The van der Waals surface area contributed by atoms with Gasteiger partial charge in [0.05, 0.1) is 6.61 Å². The molecule has 20 heavy (non-hydrogen) atoms. The minimum absolute atomic E-state index is 0.0258. The summed E-state index contributed by atoms with van der Waals surface area (Å²) in [7, 11) is 0. The van der Waals surface area contributed by atoms with Crippen molar-refractivity contribution in [2.75, 3.05) is 19.8 Å². The van der Waals surface area contributed by atoms with Crippen molar-refractivity contribution in [1.82, 2.24) is 10.2 Å². The van der Waals surface area contributed by atoms with Gasteiger partial charge in [-0.15, -0.1) is 0 Å². The highest BCUT2D eigenvalue weighted by molar-refractivity contribution is 5.96. The summed E-state index contributed by atoms with van der Waals surface area (Å²) in [6.07, 6.45) is 2.22. The van der Waals surface area contributed by atoms with Gasteiger partial charge in [-0.1, -0.05) is 34.1 Å². The number of piperazine rings is 1. The van der Waals surface area contributed by atoms with Crippen LogP contribution in [-0.4, -0.2) is 48.6 Å². The first-order valence-corrected chi connectivity index (χ1v) is 7.69. The lowest BCUT2D eigenvalue weighted by atomic mass is 10.0. The molecule has 0 aromatic heterocycles. The molecule has 5 heteroatoms. The maximum atomic E-state index is 12.4. The standard InChI is InChI=1S/C15H28N2O3/c1-5-7-13-14(18)16-12(6-2)15(19)17(13)8-9-20-10-11(3)4/h11-13H,5-10H2,1-4H3,(H,16,18). The highest BCUT2D eigenvalue weighted by atomic mass is 16.5. The van der Waals surface area contributed by atoms with E-state index in [1.54, 1.807) is 4.90 Å². The largest absolute Gasteiger partial charge is 0.379 e. The summed E-state index contributed by atoms with van der Waals surface area (Å²) in [5, 5.41) is 2.82. The van der Waals surface area contributed by atoms with Gasteiger partial charge in [-0.3, -0.25) is 9.59 Å². The van der Waals surface area contributed by atoms with Crippen LogP contribution in [0, 0.1) is 5.92 Å². The molecule has 116 valence electrons. The second-order valence-corrected chi connectivity index (χ2v) is 5.77. The molecular formula is C15H28N2O3. The molecule has 1 aliphatic heterocycles. The van der Waals surface area contributed by atoms with Crippen LogP contribution in [0.2, 0.25) is 0 Å². The topological polar surface area (TPSA) is 58.6 Å². The van der Waals surface area contributed by atoms with Crippen LogP contribution in [0.4, 0.5) is 0 Å². The zero-order chi connectivity index (χ0) is 15.1. The number of carbonyl (C=O) groups excluding carboxylic acids is 2. The highest BCUT2D eigenvalue weighted by Crippen LogP contribution is 2.16. The van der Waals surface area contributed by atoms with E-state index in [4.69, 9.17) is 4.74 Å². The molecule has 1 heterocycles. The number of hydrogen-bond donors (Lipinski definition) is 1. The summed E-state index contributed by atoms with van der Waals surface area (Å²) in [4.78, 5) is 26.2. The molecule has 0 aromatic carbocycles. The SMILES string of the molecule is CCCC1C(=O)NC(CC)C(=O)N1CCOCC(C)C. The zero-order valence-electron chi connectivity index (χ0n) is 13.1. The van der Waals surface area contributed by atoms with E-state index < -0.39 is 0 Å². The van der Waals surface area contributed by atoms with E-state index in [0.717, 1.165) is 6.42 Å². The molecule has 2 unspecified atom stereocenters. The molecule has 1 rings (SSSR count). The van der Waals surface area contributed by atoms with E-state index in [0.29, 0.717) is 38.5 Å². The minimum atomic E-state index is -0.374. The Bertz CT molecular complexity index is 331. The van der Waals surface area contributed by atoms with E-state index in [-0.39, 0.29) is 23.9 Å². The van der Waals surface area contributed by atoms with Crippen molar-refractivity contribution < 1.29 is 14.3 Å². The van der Waals surface area contributed by atoms with Gasteiger partial charge in [0, 0.05) is 13.2 Å². The van der Waals surface area contributed by atoms with Crippen molar-refractivity contribution in [3.05, 3.63) is 0 Å². The molecule has 2 amide bonds. The Hall–Kier alpha value is -1.10. The molecule has 0 aromatic rings. The zero-order valence-corrected chi connectivity index (χ0v) is 13.1. The molecular weight excluding hydrogens is 256 g/mol. The molecule has 0 aliphatic carbocycles. The molecule has 1 N–H and O–H groups in total. The van der Waals surface area contributed by atoms with Gasteiger partial charge in [-0.05, 0) is 18.8 Å². The van der Waals surface area contributed by atoms with Crippen LogP contribution in [0.1, 0.15) is 47.0 Å². The van der Waals surface area contributed by atoms with E-state index in [9.17, 15) is 9.59 Å². The minimum Gasteiger partial charge on any atom is -0.379 e. The normalized spacial score (nSPS) is 23.4. The van der Waals surface area contributed by atoms with Crippen LogP contribution in [0.3, 0.4) is 0 Å². The van der Waals surface area contributed by atoms with Crippen LogP contribution >= 0.6 is 0 Å². The van der Waals surface area contributed by atoms with Crippen LogP contribution in [-0.2, 0) is 14.3 Å². The lowest BCUT2D eigenvalue weighted by Crippen LogP contribution is -2.63. The molecule has 0 saturated carbocycles. The summed E-state index contributed by atoms with van der Waals surface area (Å²) < 4.78 is 5.55. The molecule has 2 atom stereocenters. The van der Waals surface area contributed by atoms with E-state index in [2.05, 4.69) is 19.2 Å². The number of carbonyl (C=O) groups is 2. The lowest BCUT2D eigenvalue weighted by Gasteiger charge is -2.38. The van der Waals surface area contributed by atoms with Gasteiger partial charge in [-0.2, -0.15) is 0 Å². The van der Waals surface area contributed by atoms with Crippen molar-refractivity contribution in [3.8, 4) is 0 Å². The first kappa shape index (κ1) is 17.0. The predicted octanol–water partition coefficient (Wildman–Crippen LogP) is 1.56. The van der Waals surface area contributed by atoms with Crippen molar-refractivity contribution in [2.45, 2.75) is 59.0 Å². The van der Waals surface area contributed by atoms with Crippen LogP contribution in [0.5, 0.6) is 0 Å². The highest BCUT2D eigenvalue weighted by Gasteiger charge is 2.38. The third kappa shape index (κ3) is 4.47. The Balaban J connectivity index is 2.63. The summed E-state index contributed by atoms with van der Waals surface area (Å²) >= 11 is 0. The Kier molecular flexibility index (Phi) is 6.99. The van der Waals surface area contributed by atoms with Crippen LogP contribution < -0.4 is 5.32 Å². The monoisotopic (exact) mass is 284 g/mol. The fourth-order valence-electron chi connectivity index (χ4n) is 2.41. The molecule has 1 aliphatic rings. The number of rotatable bonds is 8. The molecule has 5 nitrogen and oxygen atoms in total. The molecule has 1 fully saturated rings. The second-order valence-electron chi connectivity index (χ2n) is 5.77. The summed E-state index contributed by atoms with van der Waals surface area (Å²) in [6, 6.07) is -0.710. The maximum Gasteiger partial charge on any atom is 0.245 e. The van der Waals surface area contributed by atoms with Gasteiger partial charge in [-0.25, -0.2) is 0 Å². The van der Waals surface area contributed by atoms with E-state index in [1.807, 2.05) is 13.8 Å². The predicted molar refractivity (Wildman–Crippen MR) is 78.3 cm³/mol. The third-order valence-corrected chi connectivity index (χ3v) is 3.47. The third-order valence-electron chi connectivity index (χ3n) is 3.47. The average molecular weight is 284 g/mol. The molecule has 0 spiro atoms. The molecule has 1 saturated heterocycles. The number of nitrogens with one attached hydrogen (secondary N) is 1. The fourth-order valence-corrected chi connectivity index (χ4v) is 2.41. The van der Waals surface area contributed by atoms with Crippen LogP contribution in [0.15, 0.2) is 0 Å². The number of hydrogen-bond acceptors (Lipinski definition) is 3. The van der Waals surface area contributed by atoms with Crippen molar-refractivity contribution in [3.63, 3.8) is 0 Å². The van der Waals surface area contributed by atoms with Gasteiger partial charge >= 0.3 is 0 Å². The van der Waals surface area contributed by atoms with Gasteiger partial charge < -0.3 is 15.0 Å². The smallest absolute Gasteiger partial charge is 0.245 e. The Morgan fingerprint density at radius 2 is 2.00 bits per heavy atom. The Morgan fingerprint density at radius 3 is 2.55 bits per heavy atom. The van der Waals surface area contributed by atoms with E-state index in [1.165, 1.54) is 0 Å². The van der Waals surface area contributed by atoms with Gasteiger partial charge in [0.1, 0.15) is 12.1 Å². The number of nitrogens with zero attached hydrogens (tertiary/aromatic N) is 1. The fraction of sp³-hybridized carbons (Fsp3) is 0.867. The average Bonchev–Trinajstić information content (AvgIpc) is 2.40. The van der Waals surface area contributed by atoms with Gasteiger partial charge in [0.15, 0.2) is 0 Å².